The van der Waals surface area contributed by atoms with Crippen molar-refractivity contribution in [1.29, 1.82) is 0 Å². The Bertz CT molecular complexity index is 736. The lowest BCUT2D eigenvalue weighted by molar-refractivity contribution is 0.542. The molecule has 1 N–H and O–H groups in total. The van der Waals surface area contributed by atoms with Gasteiger partial charge in [-0.05, 0) is 43.2 Å². The van der Waals surface area contributed by atoms with Gasteiger partial charge in [0, 0.05) is 30.2 Å². The summed E-state index contributed by atoms with van der Waals surface area (Å²) in [7, 11) is 0. The fourth-order valence-corrected chi connectivity index (χ4v) is 2.66. The molecule has 0 saturated heterocycles. The van der Waals surface area contributed by atoms with Crippen molar-refractivity contribution in [1.82, 2.24) is 19.9 Å². The summed E-state index contributed by atoms with van der Waals surface area (Å²) >= 11 is 5.91. The third-order valence-corrected chi connectivity index (χ3v) is 3.93. The lowest BCUT2D eigenvalue weighted by Crippen LogP contribution is -2.30. The van der Waals surface area contributed by atoms with Crippen LogP contribution in [0.1, 0.15) is 18.3 Å². The first-order valence-corrected chi connectivity index (χ1v) is 7.86. The molecule has 0 amide bonds. The Balaban J connectivity index is 1.51. The average molecular weight is 315 g/mol. The molecule has 0 saturated carbocycles. The van der Waals surface area contributed by atoms with E-state index < -0.39 is 0 Å². The van der Waals surface area contributed by atoms with Crippen molar-refractivity contribution >= 4 is 17.2 Å². The minimum Gasteiger partial charge on any atom is -0.313 e. The van der Waals surface area contributed by atoms with Gasteiger partial charge in [-0.3, -0.25) is 4.40 Å². The normalized spacial score (nSPS) is 12.6. The number of nitrogens with one attached hydrogen (secondary N) is 1. The van der Waals surface area contributed by atoms with Gasteiger partial charge in [0.15, 0.2) is 5.65 Å². The van der Waals surface area contributed by atoms with E-state index in [0.29, 0.717) is 6.04 Å². The van der Waals surface area contributed by atoms with E-state index >= 15 is 0 Å². The molecule has 2 heterocycles. The van der Waals surface area contributed by atoms with Crippen molar-refractivity contribution < 1.29 is 0 Å². The Morgan fingerprint density at radius 1 is 1.14 bits per heavy atom. The third kappa shape index (κ3) is 3.64. The molecule has 5 heteroatoms. The van der Waals surface area contributed by atoms with Gasteiger partial charge in [-0.1, -0.05) is 29.8 Å². The van der Waals surface area contributed by atoms with Crippen LogP contribution in [0.15, 0.2) is 48.7 Å². The molecule has 0 spiro atoms. The van der Waals surface area contributed by atoms with Gasteiger partial charge < -0.3 is 5.32 Å². The highest BCUT2D eigenvalue weighted by atomic mass is 35.5. The first-order chi connectivity index (χ1) is 10.7. The molecular weight excluding hydrogens is 296 g/mol. The maximum absolute atomic E-state index is 5.91. The molecule has 0 bridgehead atoms. The standard InChI is InChI=1S/C17H19ClN4/c1-13(12-14-5-7-15(18)8-6-14)19-10-9-17-21-20-16-4-2-3-11-22(16)17/h2-8,11,13,19H,9-10,12H2,1H3/t13-/m1/s1. The Hall–Kier alpha value is -1.91. The van der Waals surface area contributed by atoms with Crippen molar-refractivity contribution in [3.63, 3.8) is 0 Å². The lowest BCUT2D eigenvalue weighted by Gasteiger charge is -2.13. The summed E-state index contributed by atoms with van der Waals surface area (Å²) in [6, 6.07) is 14.4. The molecular formula is C17H19ClN4. The van der Waals surface area contributed by atoms with Crippen LogP contribution in [0.25, 0.3) is 5.65 Å². The van der Waals surface area contributed by atoms with E-state index in [1.54, 1.807) is 0 Å². The number of hydrogen-bond acceptors (Lipinski definition) is 3. The van der Waals surface area contributed by atoms with Gasteiger partial charge in [-0.25, -0.2) is 0 Å². The summed E-state index contributed by atoms with van der Waals surface area (Å²) in [5, 5.41) is 12.7. The molecule has 22 heavy (non-hydrogen) atoms. The maximum Gasteiger partial charge on any atom is 0.160 e. The van der Waals surface area contributed by atoms with Crippen LogP contribution >= 0.6 is 11.6 Å². The van der Waals surface area contributed by atoms with Crippen LogP contribution < -0.4 is 5.32 Å². The Kier molecular flexibility index (Phi) is 4.71. The number of fused-ring (bicyclic) bond motifs is 1. The van der Waals surface area contributed by atoms with Crippen molar-refractivity contribution in [2.75, 3.05) is 6.54 Å². The van der Waals surface area contributed by atoms with Crippen molar-refractivity contribution in [3.8, 4) is 0 Å². The molecule has 4 nitrogen and oxygen atoms in total. The van der Waals surface area contributed by atoms with E-state index in [1.165, 1.54) is 5.56 Å². The predicted molar refractivity (Wildman–Crippen MR) is 89.3 cm³/mol. The van der Waals surface area contributed by atoms with Crippen molar-refractivity contribution in [3.05, 3.63) is 65.1 Å². The van der Waals surface area contributed by atoms with E-state index in [9.17, 15) is 0 Å². The van der Waals surface area contributed by atoms with Gasteiger partial charge in [-0.15, -0.1) is 10.2 Å². The van der Waals surface area contributed by atoms with Gasteiger partial charge in [0.25, 0.3) is 0 Å². The minimum atomic E-state index is 0.403. The fourth-order valence-electron chi connectivity index (χ4n) is 2.54. The van der Waals surface area contributed by atoms with Crippen molar-refractivity contribution in [2.45, 2.75) is 25.8 Å². The topological polar surface area (TPSA) is 42.2 Å². The Morgan fingerprint density at radius 3 is 2.77 bits per heavy atom. The third-order valence-electron chi connectivity index (χ3n) is 3.68. The second kappa shape index (κ2) is 6.90. The zero-order valence-corrected chi connectivity index (χ0v) is 13.3. The van der Waals surface area contributed by atoms with Gasteiger partial charge in [0.05, 0.1) is 0 Å². The molecule has 3 rings (SSSR count). The molecule has 0 aliphatic carbocycles. The number of nitrogens with zero attached hydrogens (tertiary/aromatic N) is 3. The number of rotatable bonds is 6. The number of pyridine rings is 1. The Labute approximate surface area is 135 Å². The molecule has 1 atom stereocenters. The number of hydrogen-bond donors (Lipinski definition) is 1. The average Bonchev–Trinajstić information content (AvgIpc) is 2.93. The highest BCUT2D eigenvalue weighted by Gasteiger charge is 2.06. The summed E-state index contributed by atoms with van der Waals surface area (Å²) < 4.78 is 2.03. The minimum absolute atomic E-state index is 0.403. The quantitative estimate of drug-likeness (QED) is 0.760. The van der Waals surface area contributed by atoms with Crippen molar-refractivity contribution in [2.24, 2.45) is 0 Å². The zero-order valence-electron chi connectivity index (χ0n) is 12.5. The molecule has 0 radical (unpaired) electrons. The van der Waals surface area contributed by atoms with Gasteiger partial charge in [0.1, 0.15) is 5.82 Å². The van der Waals surface area contributed by atoms with Gasteiger partial charge in [0.2, 0.25) is 0 Å². The summed E-state index contributed by atoms with van der Waals surface area (Å²) in [5.74, 6) is 0.988. The van der Waals surface area contributed by atoms with Crippen LogP contribution in [0, 0.1) is 0 Å². The van der Waals surface area contributed by atoms with Crippen LogP contribution in [0.4, 0.5) is 0 Å². The zero-order chi connectivity index (χ0) is 15.4. The van der Waals surface area contributed by atoms with E-state index in [4.69, 9.17) is 11.6 Å². The monoisotopic (exact) mass is 314 g/mol. The van der Waals surface area contributed by atoms with Crippen LogP contribution in [0.3, 0.4) is 0 Å². The number of aromatic nitrogens is 3. The van der Waals surface area contributed by atoms with Crippen LogP contribution in [0.2, 0.25) is 5.02 Å². The lowest BCUT2D eigenvalue weighted by atomic mass is 10.1. The van der Waals surface area contributed by atoms with E-state index in [1.807, 2.05) is 40.9 Å². The van der Waals surface area contributed by atoms with Crippen LogP contribution in [0.5, 0.6) is 0 Å². The SMILES string of the molecule is C[C@H](Cc1ccc(Cl)cc1)NCCc1nnc2ccccn12. The summed E-state index contributed by atoms with van der Waals surface area (Å²) in [5.41, 5.74) is 2.18. The van der Waals surface area contributed by atoms with E-state index in [2.05, 4.69) is 34.6 Å². The molecule has 0 aliphatic heterocycles. The number of benzene rings is 1. The maximum atomic E-state index is 5.91. The highest BCUT2D eigenvalue weighted by Crippen LogP contribution is 2.11. The molecule has 3 aromatic rings. The first kappa shape index (κ1) is 15.0. The smallest absolute Gasteiger partial charge is 0.160 e. The second-order valence-electron chi connectivity index (χ2n) is 5.48. The molecule has 1 aromatic carbocycles. The molecule has 0 aliphatic rings. The molecule has 114 valence electrons. The fraction of sp³-hybridized carbons (Fsp3) is 0.294. The largest absolute Gasteiger partial charge is 0.313 e. The van der Waals surface area contributed by atoms with E-state index in [0.717, 1.165) is 35.9 Å². The van der Waals surface area contributed by atoms with Gasteiger partial charge in [-0.2, -0.15) is 0 Å². The number of halogens is 1. The summed E-state index contributed by atoms with van der Waals surface area (Å²) in [6.07, 6.45) is 3.84. The van der Waals surface area contributed by atoms with Gasteiger partial charge >= 0.3 is 0 Å². The second-order valence-corrected chi connectivity index (χ2v) is 5.92. The predicted octanol–water partition coefficient (Wildman–Crippen LogP) is 3.15. The Morgan fingerprint density at radius 2 is 1.95 bits per heavy atom. The molecule has 0 fully saturated rings. The molecule has 0 unspecified atom stereocenters. The highest BCUT2D eigenvalue weighted by molar-refractivity contribution is 6.30. The first-order valence-electron chi connectivity index (χ1n) is 7.49. The molecule has 2 aromatic heterocycles. The van der Waals surface area contributed by atoms with Crippen LogP contribution in [-0.4, -0.2) is 27.2 Å². The van der Waals surface area contributed by atoms with E-state index in [-0.39, 0.29) is 0 Å². The van der Waals surface area contributed by atoms with Crippen LogP contribution in [-0.2, 0) is 12.8 Å². The summed E-state index contributed by atoms with van der Waals surface area (Å²) in [4.78, 5) is 0. The summed E-state index contributed by atoms with van der Waals surface area (Å²) in [6.45, 7) is 3.07.